The third-order valence-electron chi connectivity index (χ3n) is 3.48. The van der Waals surface area contributed by atoms with E-state index in [4.69, 9.17) is 0 Å². The van der Waals surface area contributed by atoms with E-state index >= 15 is 0 Å². The summed E-state index contributed by atoms with van der Waals surface area (Å²) in [5.41, 5.74) is 1.21. The molecular formula is C17H13F3N2O. The first-order chi connectivity index (χ1) is 11.0. The lowest BCUT2D eigenvalue weighted by Crippen LogP contribution is -2.26. The van der Waals surface area contributed by atoms with Crippen molar-refractivity contribution < 1.29 is 18.0 Å². The van der Waals surface area contributed by atoms with Crippen molar-refractivity contribution >= 4 is 16.8 Å². The summed E-state index contributed by atoms with van der Waals surface area (Å²) in [6.07, 6.45) is 0.287. The van der Waals surface area contributed by atoms with Gasteiger partial charge in [-0.05, 0) is 42.3 Å². The molecule has 0 radical (unpaired) electrons. The molecule has 118 valence electrons. The van der Waals surface area contributed by atoms with Crippen molar-refractivity contribution in [3.63, 3.8) is 0 Å². The van der Waals surface area contributed by atoms with Crippen LogP contribution in [0, 0.1) is 17.5 Å². The van der Waals surface area contributed by atoms with Crippen LogP contribution < -0.4 is 5.32 Å². The minimum absolute atomic E-state index is 0.208. The summed E-state index contributed by atoms with van der Waals surface area (Å²) in [7, 11) is 0. The summed E-state index contributed by atoms with van der Waals surface area (Å²) in [6.45, 7) is 0.208. The van der Waals surface area contributed by atoms with E-state index in [2.05, 4.69) is 10.3 Å². The van der Waals surface area contributed by atoms with Crippen LogP contribution >= 0.6 is 0 Å². The number of nitrogens with one attached hydrogen (secondary N) is 2. The summed E-state index contributed by atoms with van der Waals surface area (Å²) >= 11 is 0. The normalized spacial score (nSPS) is 10.9. The predicted octanol–water partition coefficient (Wildman–Crippen LogP) is 3.56. The van der Waals surface area contributed by atoms with Crippen LogP contribution in [0.25, 0.3) is 10.9 Å². The van der Waals surface area contributed by atoms with Gasteiger partial charge < -0.3 is 10.3 Å². The van der Waals surface area contributed by atoms with Gasteiger partial charge in [-0.3, -0.25) is 4.79 Å². The minimum Gasteiger partial charge on any atom is -0.350 e. The van der Waals surface area contributed by atoms with Crippen molar-refractivity contribution in [2.45, 2.75) is 6.42 Å². The minimum atomic E-state index is -0.655. The van der Waals surface area contributed by atoms with Gasteiger partial charge in [0.2, 0.25) is 0 Å². The van der Waals surface area contributed by atoms with Crippen molar-refractivity contribution in [2.75, 3.05) is 6.54 Å². The molecule has 0 spiro atoms. The zero-order valence-electron chi connectivity index (χ0n) is 12.0. The van der Waals surface area contributed by atoms with E-state index in [9.17, 15) is 18.0 Å². The molecule has 6 heteroatoms. The lowest BCUT2D eigenvalue weighted by Gasteiger charge is -2.04. The number of carbonyl (C=O) groups excluding carboxylic acids is 1. The quantitative estimate of drug-likeness (QED) is 0.759. The van der Waals surface area contributed by atoms with Gasteiger partial charge in [-0.15, -0.1) is 0 Å². The Bertz CT molecular complexity index is 853. The third-order valence-corrected chi connectivity index (χ3v) is 3.48. The molecule has 0 fully saturated rings. The summed E-state index contributed by atoms with van der Waals surface area (Å²) < 4.78 is 39.7. The average molecular weight is 318 g/mol. The standard InChI is InChI=1S/C17H13F3N2O/c18-11-6-10(7-12(19)8-11)4-5-21-17(23)16-9-13-14(20)2-1-3-15(13)22-16/h1-3,6-9,22H,4-5H2,(H,21,23). The maximum atomic E-state index is 13.6. The lowest BCUT2D eigenvalue weighted by molar-refractivity contribution is 0.0950. The number of fused-ring (bicyclic) bond motifs is 1. The van der Waals surface area contributed by atoms with Gasteiger partial charge in [0.05, 0.1) is 0 Å². The number of carbonyl (C=O) groups is 1. The summed E-state index contributed by atoms with van der Waals surface area (Å²) in [4.78, 5) is 14.9. The predicted molar refractivity (Wildman–Crippen MR) is 80.7 cm³/mol. The molecule has 0 aliphatic carbocycles. The Morgan fingerprint density at radius 2 is 1.78 bits per heavy atom. The van der Waals surface area contributed by atoms with E-state index < -0.39 is 23.4 Å². The van der Waals surface area contributed by atoms with E-state index in [1.54, 1.807) is 12.1 Å². The molecule has 0 saturated carbocycles. The first-order valence-electron chi connectivity index (χ1n) is 7.03. The molecule has 0 bridgehead atoms. The van der Waals surface area contributed by atoms with Crippen molar-refractivity contribution in [1.29, 1.82) is 0 Å². The van der Waals surface area contributed by atoms with Crippen LogP contribution in [0.2, 0.25) is 0 Å². The number of benzene rings is 2. The molecule has 1 aromatic heterocycles. The second-order valence-corrected chi connectivity index (χ2v) is 5.17. The maximum Gasteiger partial charge on any atom is 0.267 e. The smallest absolute Gasteiger partial charge is 0.267 e. The Balaban J connectivity index is 1.65. The van der Waals surface area contributed by atoms with Gasteiger partial charge in [0.1, 0.15) is 23.1 Å². The van der Waals surface area contributed by atoms with E-state index in [1.807, 2.05) is 0 Å². The molecule has 2 aromatic carbocycles. The Hall–Kier alpha value is -2.76. The monoisotopic (exact) mass is 318 g/mol. The van der Waals surface area contributed by atoms with Crippen LogP contribution in [0.5, 0.6) is 0 Å². The van der Waals surface area contributed by atoms with Gasteiger partial charge in [0.25, 0.3) is 5.91 Å². The Labute approximate surface area is 130 Å². The van der Waals surface area contributed by atoms with E-state index in [-0.39, 0.29) is 18.7 Å². The molecule has 0 aliphatic rings. The van der Waals surface area contributed by atoms with Gasteiger partial charge in [-0.25, -0.2) is 13.2 Å². The molecule has 0 unspecified atom stereocenters. The van der Waals surface area contributed by atoms with Gasteiger partial charge in [0, 0.05) is 23.5 Å². The number of rotatable bonds is 4. The van der Waals surface area contributed by atoms with Crippen LogP contribution in [0.1, 0.15) is 16.1 Å². The van der Waals surface area contributed by atoms with Crippen molar-refractivity contribution in [3.8, 4) is 0 Å². The zero-order valence-corrected chi connectivity index (χ0v) is 12.0. The van der Waals surface area contributed by atoms with Gasteiger partial charge in [-0.1, -0.05) is 6.07 Å². The number of halogens is 3. The van der Waals surface area contributed by atoms with Gasteiger partial charge in [0.15, 0.2) is 0 Å². The summed E-state index contributed by atoms with van der Waals surface area (Å²) in [5.74, 6) is -2.12. The SMILES string of the molecule is O=C(NCCc1cc(F)cc(F)c1)c1cc2c(F)cccc2[nH]1. The average Bonchev–Trinajstić information content (AvgIpc) is 2.92. The topological polar surface area (TPSA) is 44.9 Å². The van der Waals surface area contributed by atoms with Gasteiger partial charge in [-0.2, -0.15) is 0 Å². The molecule has 0 atom stereocenters. The number of H-pyrrole nitrogens is 1. The number of aromatic amines is 1. The molecule has 2 N–H and O–H groups in total. The lowest BCUT2D eigenvalue weighted by atomic mass is 10.1. The molecule has 1 heterocycles. The highest BCUT2D eigenvalue weighted by molar-refractivity contribution is 5.98. The highest BCUT2D eigenvalue weighted by Crippen LogP contribution is 2.18. The largest absolute Gasteiger partial charge is 0.350 e. The van der Waals surface area contributed by atoms with Crippen molar-refractivity contribution in [1.82, 2.24) is 10.3 Å². The fourth-order valence-electron chi connectivity index (χ4n) is 2.41. The Morgan fingerprint density at radius 3 is 2.48 bits per heavy atom. The highest BCUT2D eigenvalue weighted by Gasteiger charge is 2.11. The number of aromatic nitrogens is 1. The second-order valence-electron chi connectivity index (χ2n) is 5.17. The third kappa shape index (κ3) is 3.36. The molecular weight excluding hydrogens is 305 g/mol. The van der Waals surface area contributed by atoms with Crippen LogP contribution in [0.4, 0.5) is 13.2 Å². The second kappa shape index (κ2) is 6.16. The zero-order chi connectivity index (χ0) is 16.4. The van der Waals surface area contributed by atoms with Crippen LogP contribution in [-0.2, 0) is 6.42 Å². The van der Waals surface area contributed by atoms with Crippen molar-refractivity contribution in [2.24, 2.45) is 0 Å². The fourth-order valence-corrected chi connectivity index (χ4v) is 2.41. The van der Waals surface area contributed by atoms with Crippen LogP contribution in [0.3, 0.4) is 0 Å². The molecule has 1 amide bonds. The molecule has 23 heavy (non-hydrogen) atoms. The summed E-state index contributed by atoms with van der Waals surface area (Å²) in [6, 6.07) is 9.19. The number of hydrogen-bond acceptors (Lipinski definition) is 1. The Morgan fingerprint density at radius 1 is 1.04 bits per heavy atom. The first kappa shape index (κ1) is 15.1. The van der Waals surface area contributed by atoms with E-state index in [1.165, 1.54) is 24.3 Å². The summed E-state index contributed by atoms with van der Waals surface area (Å²) in [5, 5.41) is 2.97. The molecule has 3 nitrogen and oxygen atoms in total. The van der Waals surface area contributed by atoms with Gasteiger partial charge >= 0.3 is 0 Å². The number of hydrogen-bond donors (Lipinski definition) is 2. The highest BCUT2D eigenvalue weighted by atomic mass is 19.1. The van der Waals surface area contributed by atoms with Crippen LogP contribution in [0.15, 0.2) is 42.5 Å². The fraction of sp³-hybridized carbons (Fsp3) is 0.118. The molecule has 0 saturated heterocycles. The van der Waals surface area contributed by atoms with E-state index in [0.29, 0.717) is 16.5 Å². The maximum absolute atomic E-state index is 13.6. The number of amides is 1. The van der Waals surface area contributed by atoms with Crippen molar-refractivity contribution in [3.05, 3.63) is 71.2 Å². The molecule has 0 aliphatic heterocycles. The molecule has 3 rings (SSSR count). The van der Waals surface area contributed by atoms with E-state index in [0.717, 1.165) is 6.07 Å². The Kier molecular flexibility index (Phi) is 4.06. The first-order valence-corrected chi connectivity index (χ1v) is 7.03. The molecule has 3 aromatic rings. The van der Waals surface area contributed by atoms with Crippen LogP contribution in [-0.4, -0.2) is 17.4 Å².